The predicted molar refractivity (Wildman–Crippen MR) is 58.8 cm³/mol. The molecule has 0 radical (unpaired) electrons. The molecule has 1 atom stereocenters. The van der Waals surface area contributed by atoms with E-state index in [4.69, 9.17) is 15.6 Å². The molecule has 0 saturated carbocycles. The number of para-hydroxylation sites is 1. The molecular weight excluding hydrogens is 221 g/mol. The number of ether oxygens (including phenoxy) is 1. The Balaban J connectivity index is 0.00000196. The van der Waals surface area contributed by atoms with Gasteiger partial charge in [-0.05, 0) is 12.5 Å². The molecule has 0 spiro atoms. The summed E-state index contributed by atoms with van der Waals surface area (Å²) in [6.45, 7) is -0.0270. The number of aliphatic hydroxyl groups excluding tert-OH is 1. The molecule has 1 aromatic rings. The van der Waals surface area contributed by atoms with Crippen LogP contribution < -0.4 is 10.5 Å². The molecule has 0 fully saturated rings. The summed E-state index contributed by atoms with van der Waals surface area (Å²) in [5.74, 6) is -0.271. The average Bonchev–Trinajstić information content (AvgIpc) is 2.17. The van der Waals surface area contributed by atoms with Gasteiger partial charge in [0.2, 0.25) is 0 Å². The van der Waals surface area contributed by atoms with Crippen molar-refractivity contribution in [2.45, 2.75) is 12.5 Å². The van der Waals surface area contributed by atoms with Crippen LogP contribution in [0.15, 0.2) is 18.2 Å². The van der Waals surface area contributed by atoms with Crippen LogP contribution in [-0.2, 0) is 0 Å². The van der Waals surface area contributed by atoms with E-state index in [1.165, 1.54) is 13.2 Å². The molecule has 15 heavy (non-hydrogen) atoms. The largest absolute Gasteiger partial charge is 0.493 e. The lowest BCUT2D eigenvalue weighted by Gasteiger charge is -2.14. The zero-order valence-electron chi connectivity index (χ0n) is 8.44. The summed E-state index contributed by atoms with van der Waals surface area (Å²) in [4.78, 5) is 0. The standard InChI is InChI=1S/C10H14FNO2.ClH/c1-14-10-7(9(12)5-6-13)3-2-4-8(10)11;/h2-4,9,13H,5-6,12H2,1H3;1H/t9-;/m0./s1. The van der Waals surface area contributed by atoms with E-state index in [2.05, 4.69) is 0 Å². The number of hydrogen-bond donors (Lipinski definition) is 2. The van der Waals surface area contributed by atoms with Crippen LogP contribution in [-0.4, -0.2) is 18.8 Å². The van der Waals surface area contributed by atoms with Crippen LogP contribution in [0.3, 0.4) is 0 Å². The van der Waals surface area contributed by atoms with Crippen molar-refractivity contribution in [3.8, 4) is 5.75 Å². The van der Waals surface area contributed by atoms with E-state index >= 15 is 0 Å². The molecule has 3 nitrogen and oxygen atoms in total. The fourth-order valence-electron chi connectivity index (χ4n) is 1.33. The van der Waals surface area contributed by atoms with Crippen LogP contribution in [0.5, 0.6) is 5.75 Å². The molecular formula is C10H15ClFNO2. The molecule has 0 unspecified atom stereocenters. The van der Waals surface area contributed by atoms with Gasteiger partial charge in [0.05, 0.1) is 7.11 Å². The van der Waals surface area contributed by atoms with E-state index in [0.717, 1.165) is 0 Å². The van der Waals surface area contributed by atoms with E-state index in [-0.39, 0.29) is 24.8 Å². The van der Waals surface area contributed by atoms with E-state index in [9.17, 15) is 4.39 Å². The summed E-state index contributed by atoms with van der Waals surface area (Å²) < 4.78 is 18.1. The van der Waals surface area contributed by atoms with Crippen LogP contribution in [0.4, 0.5) is 4.39 Å². The van der Waals surface area contributed by atoms with Crippen LogP contribution in [0.25, 0.3) is 0 Å². The Morgan fingerprint density at radius 2 is 2.20 bits per heavy atom. The maximum Gasteiger partial charge on any atom is 0.165 e. The molecule has 0 aliphatic rings. The van der Waals surface area contributed by atoms with Gasteiger partial charge in [-0.25, -0.2) is 4.39 Å². The number of methoxy groups -OCH3 is 1. The average molecular weight is 236 g/mol. The summed E-state index contributed by atoms with van der Waals surface area (Å²) in [5, 5.41) is 8.72. The number of nitrogens with two attached hydrogens (primary N) is 1. The van der Waals surface area contributed by atoms with Crippen molar-refractivity contribution in [2.75, 3.05) is 13.7 Å². The van der Waals surface area contributed by atoms with Gasteiger partial charge in [0.25, 0.3) is 0 Å². The zero-order valence-corrected chi connectivity index (χ0v) is 9.26. The minimum Gasteiger partial charge on any atom is -0.493 e. The van der Waals surface area contributed by atoms with Crippen molar-refractivity contribution in [2.24, 2.45) is 5.73 Å². The Hall–Kier alpha value is -0.840. The normalized spacial score (nSPS) is 11.7. The third-order valence-electron chi connectivity index (χ3n) is 2.04. The van der Waals surface area contributed by atoms with Crippen molar-refractivity contribution in [1.29, 1.82) is 0 Å². The maximum absolute atomic E-state index is 13.2. The van der Waals surface area contributed by atoms with Crippen molar-refractivity contribution in [1.82, 2.24) is 0 Å². The van der Waals surface area contributed by atoms with Crippen molar-refractivity contribution < 1.29 is 14.2 Å². The molecule has 0 heterocycles. The van der Waals surface area contributed by atoms with Gasteiger partial charge in [-0.15, -0.1) is 12.4 Å². The Morgan fingerprint density at radius 1 is 1.53 bits per heavy atom. The molecule has 86 valence electrons. The fraction of sp³-hybridized carbons (Fsp3) is 0.400. The first-order valence-electron chi connectivity index (χ1n) is 4.39. The number of aliphatic hydroxyl groups is 1. The highest BCUT2D eigenvalue weighted by atomic mass is 35.5. The molecule has 0 saturated heterocycles. The summed E-state index contributed by atoms with van der Waals surface area (Å²) >= 11 is 0. The zero-order chi connectivity index (χ0) is 10.6. The third-order valence-corrected chi connectivity index (χ3v) is 2.04. The molecule has 0 aliphatic heterocycles. The molecule has 0 aliphatic carbocycles. The van der Waals surface area contributed by atoms with Crippen LogP contribution in [0, 0.1) is 5.82 Å². The molecule has 5 heteroatoms. The Bertz CT molecular complexity index is 309. The first-order chi connectivity index (χ1) is 6.70. The Labute approximate surface area is 94.5 Å². The second kappa shape index (κ2) is 6.61. The molecule has 0 aromatic heterocycles. The van der Waals surface area contributed by atoms with Gasteiger partial charge >= 0.3 is 0 Å². The molecule has 1 aromatic carbocycles. The number of benzene rings is 1. The highest BCUT2D eigenvalue weighted by Gasteiger charge is 2.14. The Morgan fingerprint density at radius 3 is 2.73 bits per heavy atom. The molecule has 1 rings (SSSR count). The summed E-state index contributed by atoms with van der Waals surface area (Å²) in [7, 11) is 1.40. The highest BCUT2D eigenvalue weighted by Crippen LogP contribution is 2.27. The van der Waals surface area contributed by atoms with E-state index < -0.39 is 11.9 Å². The van der Waals surface area contributed by atoms with E-state index in [0.29, 0.717) is 12.0 Å². The van der Waals surface area contributed by atoms with Crippen molar-refractivity contribution >= 4 is 12.4 Å². The van der Waals surface area contributed by atoms with Crippen LogP contribution in [0.2, 0.25) is 0 Å². The van der Waals surface area contributed by atoms with Crippen molar-refractivity contribution in [3.05, 3.63) is 29.6 Å². The van der Waals surface area contributed by atoms with Gasteiger partial charge in [0, 0.05) is 18.2 Å². The molecule has 3 N–H and O–H groups in total. The number of rotatable bonds is 4. The second-order valence-electron chi connectivity index (χ2n) is 2.98. The predicted octanol–water partition coefficient (Wildman–Crippen LogP) is 1.64. The minimum absolute atomic E-state index is 0. The van der Waals surface area contributed by atoms with E-state index in [1.807, 2.05) is 0 Å². The van der Waals surface area contributed by atoms with Gasteiger partial charge < -0.3 is 15.6 Å². The highest BCUT2D eigenvalue weighted by molar-refractivity contribution is 5.85. The van der Waals surface area contributed by atoms with E-state index in [1.54, 1.807) is 12.1 Å². The Kier molecular flexibility index (Phi) is 6.24. The lowest BCUT2D eigenvalue weighted by atomic mass is 10.0. The van der Waals surface area contributed by atoms with Gasteiger partial charge in [-0.3, -0.25) is 0 Å². The maximum atomic E-state index is 13.2. The summed E-state index contributed by atoms with van der Waals surface area (Å²) in [6.07, 6.45) is 0.389. The number of halogens is 2. The lowest BCUT2D eigenvalue weighted by molar-refractivity contribution is 0.274. The monoisotopic (exact) mass is 235 g/mol. The first kappa shape index (κ1) is 14.2. The van der Waals surface area contributed by atoms with Gasteiger partial charge in [-0.1, -0.05) is 12.1 Å². The van der Waals surface area contributed by atoms with Crippen molar-refractivity contribution in [3.63, 3.8) is 0 Å². The van der Waals surface area contributed by atoms with Gasteiger partial charge in [-0.2, -0.15) is 0 Å². The SMILES string of the molecule is COc1c(F)cccc1[C@@H](N)CCO.Cl. The quantitative estimate of drug-likeness (QED) is 0.834. The molecule has 0 bridgehead atoms. The first-order valence-corrected chi connectivity index (χ1v) is 4.39. The smallest absolute Gasteiger partial charge is 0.165 e. The van der Waals surface area contributed by atoms with Crippen LogP contribution in [0.1, 0.15) is 18.0 Å². The lowest BCUT2D eigenvalue weighted by Crippen LogP contribution is -2.13. The summed E-state index contributed by atoms with van der Waals surface area (Å²) in [6, 6.07) is 4.19. The van der Waals surface area contributed by atoms with Crippen LogP contribution >= 0.6 is 12.4 Å². The second-order valence-corrected chi connectivity index (χ2v) is 2.98. The summed E-state index contributed by atoms with van der Waals surface area (Å²) in [5.41, 5.74) is 6.33. The fourth-order valence-corrected chi connectivity index (χ4v) is 1.33. The topological polar surface area (TPSA) is 55.5 Å². The third kappa shape index (κ3) is 3.34. The molecule has 0 amide bonds. The van der Waals surface area contributed by atoms with Gasteiger partial charge in [0.15, 0.2) is 11.6 Å². The van der Waals surface area contributed by atoms with Gasteiger partial charge in [0.1, 0.15) is 0 Å². The minimum atomic E-state index is -0.432. The number of hydrogen-bond acceptors (Lipinski definition) is 3.